The molecule has 0 saturated heterocycles. The fourth-order valence-electron chi connectivity index (χ4n) is 2.40. The highest BCUT2D eigenvalue weighted by Gasteiger charge is 2.06. The van der Waals surface area contributed by atoms with Gasteiger partial charge in [-0.25, -0.2) is 4.98 Å². The number of hydroxylamine groups is 1. The number of ether oxygens (including phenoxy) is 1. The molecule has 0 bridgehead atoms. The summed E-state index contributed by atoms with van der Waals surface area (Å²) < 4.78 is 5.82. The molecule has 0 aliphatic carbocycles. The van der Waals surface area contributed by atoms with E-state index in [2.05, 4.69) is 35.4 Å². The molecule has 1 heterocycles. The van der Waals surface area contributed by atoms with Crippen molar-refractivity contribution in [3.05, 3.63) is 66.4 Å². The van der Waals surface area contributed by atoms with Crippen molar-refractivity contribution < 1.29 is 9.94 Å². The standard InChI is InChI=1S/C20H21N3O2/c1-14(2)12-22-20(23-24)17-8-10-19(21-13-17)25-18-9-7-15-5-3-4-6-16(15)11-18/h3-11,13-14,24H,12H2,1-2H3,(H,22,23). The van der Waals surface area contributed by atoms with Crippen molar-refractivity contribution in [1.82, 2.24) is 10.5 Å². The Morgan fingerprint density at radius 3 is 2.60 bits per heavy atom. The molecule has 5 nitrogen and oxygen atoms in total. The van der Waals surface area contributed by atoms with Crippen LogP contribution in [0, 0.1) is 5.92 Å². The highest BCUT2D eigenvalue weighted by atomic mass is 16.5. The number of fused-ring (bicyclic) bond motifs is 1. The molecular formula is C20H21N3O2. The Hall–Kier alpha value is -2.92. The summed E-state index contributed by atoms with van der Waals surface area (Å²) in [5.41, 5.74) is 2.83. The topological polar surface area (TPSA) is 66.7 Å². The normalized spacial score (nSPS) is 11.8. The van der Waals surface area contributed by atoms with Crippen LogP contribution in [0.4, 0.5) is 0 Å². The average molecular weight is 335 g/mol. The van der Waals surface area contributed by atoms with E-state index < -0.39 is 0 Å². The first-order valence-corrected chi connectivity index (χ1v) is 8.23. The van der Waals surface area contributed by atoms with E-state index in [4.69, 9.17) is 4.74 Å². The number of amidine groups is 1. The zero-order valence-corrected chi connectivity index (χ0v) is 14.3. The monoisotopic (exact) mass is 335 g/mol. The van der Waals surface area contributed by atoms with Crippen LogP contribution in [-0.2, 0) is 0 Å². The molecule has 0 fully saturated rings. The molecule has 2 N–H and O–H groups in total. The average Bonchev–Trinajstić information content (AvgIpc) is 2.63. The van der Waals surface area contributed by atoms with Crippen LogP contribution in [0.25, 0.3) is 10.8 Å². The largest absolute Gasteiger partial charge is 0.439 e. The van der Waals surface area contributed by atoms with Gasteiger partial charge in [-0.2, -0.15) is 0 Å². The molecule has 1 aromatic heterocycles. The maximum absolute atomic E-state index is 9.26. The smallest absolute Gasteiger partial charge is 0.219 e. The van der Waals surface area contributed by atoms with E-state index in [1.54, 1.807) is 12.3 Å². The summed E-state index contributed by atoms with van der Waals surface area (Å²) >= 11 is 0. The van der Waals surface area contributed by atoms with Crippen LogP contribution < -0.4 is 10.2 Å². The fourth-order valence-corrected chi connectivity index (χ4v) is 2.40. The number of nitrogens with one attached hydrogen (secondary N) is 1. The van der Waals surface area contributed by atoms with E-state index in [-0.39, 0.29) is 0 Å². The first kappa shape index (κ1) is 16.9. The van der Waals surface area contributed by atoms with Gasteiger partial charge in [0.2, 0.25) is 5.88 Å². The van der Waals surface area contributed by atoms with Crippen LogP contribution in [0.15, 0.2) is 65.8 Å². The van der Waals surface area contributed by atoms with Gasteiger partial charge in [-0.1, -0.05) is 44.2 Å². The lowest BCUT2D eigenvalue weighted by molar-refractivity contribution is 0.234. The predicted octanol–water partition coefficient (Wildman–Crippen LogP) is 4.41. The predicted molar refractivity (Wildman–Crippen MR) is 99.4 cm³/mol. The van der Waals surface area contributed by atoms with Gasteiger partial charge in [0, 0.05) is 24.4 Å². The van der Waals surface area contributed by atoms with E-state index >= 15 is 0 Å². The van der Waals surface area contributed by atoms with Gasteiger partial charge >= 0.3 is 0 Å². The van der Waals surface area contributed by atoms with E-state index in [1.165, 1.54) is 0 Å². The number of aromatic nitrogens is 1. The molecular weight excluding hydrogens is 314 g/mol. The van der Waals surface area contributed by atoms with Gasteiger partial charge in [0.05, 0.1) is 0 Å². The quantitative estimate of drug-likeness (QED) is 0.412. The van der Waals surface area contributed by atoms with Crippen LogP contribution >= 0.6 is 0 Å². The number of hydrogen-bond acceptors (Lipinski definition) is 4. The first-order valence-electron chi connectivity index (χ1n) is 8.23. The number of benzene rings is 2. The Morgan fingerprint density at radius 2 is 1.92 bits per heavy atom. The second kappa shape index (κ2) is 7.77. The van der Waals surface area contributed by atoms with Gasteiger partial charge in [0.25, 0.3) is 0 Å². The van der Waals surface area contributed by atoms with Crippen LogP contribution in [0.2, 0.25) is 0 Å². The third kappa shape index (κ3) is 4.33. The van der Waals surface area contributed by atoms with Crippen molar-refractivity contribution in [2.24, 2.45) is 10.9 Å². The lowest BCUT2D eigenvalue weighted by atomic mass is 10.1. The van der Waals surface area contributed by atoms with E-state index in [0.717, 1.165) is 16.5 Å². The summed E-state index contributed by atoms with van der Waals surface area (Å²) in [5, 5.41) is 11.5. The highest BCUT2D eigenvalue weighted by Crippen LogP contribution is 2.24. The fraction of sp³-hybridized carbons (Fsp3) is 0.200. The van der Waals surface area contributed by atoms with E-state index in [9.17, 15) is 5.21 Å². The van der Waals surface area contributed by atoms with Crippen LogP contribution in [0.1, 0.15) is 19.4 Å². The number of pyridine rings is 1. The lowest BCUT2D eigenvalue weighted by Gasteiger charge is -2.09. The zero-order chi connectivity index (χ0) is 17.6. The minimum atomic E-state index is 0.401. The summed E-state index contributed by atoms with van der Waals surface area (Å²) in [6.45, 7) is 4.76. The Bertz CT molecular complexity index is 874. The molecule has 0 aliphatic heterocycles. The van der Waals surface area contributed by atoms with E-state index in [0.29, 0.717) is 29.7 Å². The Labute approximate surface area is 147 Å². The van der Waals surface area contributed by atoms with Crippen LogP contribution in [0.5, 0.6) is 11.6 Å². The molecule has 3 rings (SSSR count). The maximum Gasteiger partial charge on any atom is 0.219 e. The summed E-state index contributed by atoms with van der Waals surface area (Å²) in [4.78, 5) is 8.63. The molecule has 128 valence electrons. The van der Waals surface area contributed by atoms with Gasteiger partial charge in [-0.15, -0.1) is 0 Å². The van der Waals surface area contributed by atoms with Crippen molar-refractivity contribution in [2.75, 3.05) is 6.54 Å². The Morgan fingerprint density at radius 1 is 1.12 bits per heavy atom. The molecule has 0 radical (unpaired) electrons. The number of rotatable bonds is 5. The summed E-state index contributed by atoms with van der Waals surface area (Å²) in [5.74, 6) is 2.03. The number of hydrogen-bond donors (Lipinski definition) is 2. The SMILES string of the molecule is CC(C)CN=C(NO)c1ccc(Oc2ccc3ccccc3c2)nc1. The molecule has 0 aliphatic rings. The summed E-state index contributed by atoms with van der Waals surface area (Å²) in [6.07, 6.45) is 1.62. The second-order valence-corrected chi connectivity index (χ2v) is 6.19. The zero-order valence-electron chi connectivity index (χ0n) is 14.3. The third-order valence-corrected chi connectivity index (χ3v) is 3.67. The van der Waals surface area contributed by atoms with Crippen LogP contribution in [-0.4, -0.2) is 22.6 Å². The number of aliphatic imine (C=N–C) groups is 1. The molecule has 0 atom stereocenters. The summed E-state index contributed by atoms with van der Waals surface area (Å²) in [6, 6.07) is 17.6. The first-order chi connectivity index (χ1) is 12.2. The molecule has 0 saturated carbocycles. The Balaban J connectivity index is 1.76. The maximum atomic E-state index is 9.26. The van der Waals surface area contributed by atoms with Crippen molar-refractivity contribution in [2.45, 2.75) is 13.8 Å². The molecule has 0 unspecified atom stereocenters. The van der Waals surface area contributed by atoms with Gasteiger partial charge in [0.1, 0.15) is 5.75 Å². The summed E-state index contributed by atoms with van der Waals surface area (Å²) in [7, 11) is 0. The van der Waals surface area contributed by atoms with Gasteiger partial charge in [-0.3, -0.25) is 15.7 Å². The van der Waals surface area contributed by atoms with Gasteiger partial charge in [0.15, 0.2) is 5.84 Å². The minimum Gasteiger partial charge on any atom is -0.439 e. The molecule has 5 heteroatoms. The van der Waals surface area contributed by atoms with Gasteiger partial charge in [-0.05, 0) is 34.9 Å². The Kier molecular flexibility index (Phi) is 5.26. The number of nitrogens with zero attached hydrogens (tertiary/aromatic N) is 2. The molecule has 0 spiro atoms. The van der Waals surface area contributed by atoms with Crippen molar-refractivity contribution in [3.8, 4) is 11.6 Å². The molecule has 25 heavy (non-hydrogen) atoms. The molecule has 3 aromatic rings. The molecule has 0 amide bonds. The van der Waals surface area contributed by atoms with E-state index in [1.807, 2.05) is 42.5 Å². The highest BCUT2D eigenvalue weighted by molar-refractivity contribution is 5.97. The van der Waals surface area contributed by atoms with Crippen molar-refractivity contribution in [1.29, 1.82) is 0 Å². The van der Waals surface area contributed by atoms with Crippen molar-refractivity contribution >= 4 is 16.6 Å². The third-order valence-electron chi connectivity index (χ3n) is 3.67. The molecule has 2 aromatic carbocycles. The minimum absolute atomic E-state index is 0.401. The lowest BCUT2D eigenvalue weighted by Crippen LogP contribution is -2.21. The van der Waals surface area contributed by atoms with Gasteiger partial charge < -0.3 is 4.74 Å². The second-order valence-electron chi connectivity index (χ2n) is 6.19. The van der Waals surface area contributed by atoms with Crippen molar-refractivity contribution in [3.63, 3.8) is 0 Å². The van der Waals surface area contributed by atoms with Crippen LogP contribution in [0.3, 0.4) is 0 Å².